The first-order valence-corrected chi connectivity index (χ1v) is 9.49. The molecule has 2 aromatic heterocycles. The molecule has 0 atom stereocenters. The van der Waals surface area contributed by atoms with Gasteiger partial charge < -0.3 is 24.5 Å². The Kier molecular flexibility index (Phi) is 6.05. The van der Waals surface area contributed by atoms with Gasteiger partial charge in [-0.1, -0.05) is 18.2 Å². The second kappa shape index (κ2) is 9.06. The van der Waals surface area contributed by atoms with Crippen molar-refractivity contribution in [3.05, 3.63) is 47.7 Å². The maximum atomic E-state index is 15.1. The second-order valence-electron chi connectivity index (χ2n) is 6.57. The van der Waals surface area contributed by atoms with Crippen LogP contribution in [-0.2, 0) is 4.74 Å². The van der Waals surface area contributed by atoms with Crippen LogP contribution < -0.4 is 15.1 Å². The number of H-pyrrole nitrogens is 1. The lowest BCUT2D eigenvalue weighted by molar-refractivity contribution is 0.122. The molecule has 3 N–H and O–H groups in total. The molecule has 30 heavy (non-hydrogen) atoms. The molecule has 0 unspecified atom stereocenters. The Morgan fingerprint density at radius 2 is 2.07 bits per heavy atom. The standard InChI is InChI=1S/C20H21F2N5O3/c21-16-18(26-24-12-13-11-23-15-4-2-1-3-14(13)15)17(22)20(30-10-7-28)25-19(16)27-5-8-29-9-6-27/h1-4,11-12,23,28H,5-10H2,(H,25,26). The van der Waals surface area contributed by atoms with Crippen LogP contribution in [0, 0.1) is 11.6 Å². The molecule has 158 valence electrons. The summed E-state index contributed by atoms with van der Waals surface area (Å²) in [6.07, 6.45) is 3.23. The number of aromatic amines is 1. The number of anilines is 2. The van der Waals surface area contributed by atoms with Crippen molar-refractivity contribution < 1.29 is 23.4 Å². The molecule has 0 spiro atoms. The fraction of sp³-hybridized carbons (Fsp3) is 0.300. The number of hydrogen-bond donors (Lipinski definition) is 3. The van der Waals surface area contributed by atoms with E-state index in [1.807, 2.05) is 24.3 Å². The highest BCUT2D eigenvalue weighted by Crippen LogP contribution is 2.33. The highest BCUT2D eigenvalue weighted by atomic mass is 19.1. The molecular formula is C20H21F2N5O3. The van der Waals surface area contributed by atoms with Crippen LogP contribution in [0.2, 0.25) is 0 Å². The molecule has 0 aliphatic carbocycles. The number of benzene rings is 1. The van der Waals surface area contributed by atoms with Crippen LogP contribution in [0.25, 0.3) is 10.9 Å². The van der Waals surface area contributed by atoms with Crippen LogP contribution in [0.15, 0.2) is 35.6 Å². The lowest BCUT2D eigenvalue weighted by Gasteiger charge is -2.28. The van der Waals surface area contributed by atoms with Crippen molar-refractivity contribution in [3.63, 3.8) is 0 Å². The maximum Gasteiger partial charge on any atom is 0.254 e. The molecule has 10 heteroatoms. The lowest BCUT2D eigenvalue weighted by Crippen LogP contribution is -2.37. The van der Waals surface area contributed by atoms with E-state index in [1.165, 1.54) is 6.21 Å². The van der Waals surface area contributed by atoms with Gasteiger partial charge in [0, 0.05) is 35.8 Å². The van der Waals surface area contributed by atoms with Gasteiger partial charge in [-0.05, 0) is 6.07 Å². The van der Waals surface area contributed by atoms with E-state index in [0.717, 1.165) is 16.5 Å². The zero-order valence-electron chi connectivity index (χ0n) is 16.1. The van der Waals surface area contributed by atoms with Crippen LogP contribution in [0.4, 0.5) is 20.3 Å². The first-order valence-electron chi connectivity index (χ1n) is 9.49. The largest absolute Gasteiger partial charge is 0.473 e. The van der Waals surface area contributed by atoms with Crippen LogP contribution in [-0.4, -0.2) is 60.8 Å². The molecule has 3 heterocycles. The zero-order chi connectivity index (χ0) is 20.9. The minimum absolute atomic E-state index is 0.0579. The summed E-state index contributed by atoms with van der Waals surface area (Å²) in [4.78, 5) is 8.74. The number of aliphatic hydroxyl groups is 1. The highest BCUT2D eigenvalue weighted by Gasteiger charge is 2.26. The third kappa shape index (κ3) is 4.05. The molecule has 1 aliphatic rings. The smallest absolute Gasteiger partial charge is 0.254 e. The number of nitrogens with zero attached hydrogens (tertiary/aromatic N) is 3. The van der Waals surface area contributed by atoms with Gasteiger partial charge in [0.1, 0.15) is 12.3 Å². The zero-order valence-corrected chi connectivity index (χ0v) is 16.1. The van der Waals surface area contributed by atoms with Crippen LogP contribution in [0.3, 0.4) is 0 Å². The third-order valence-corrected chi connectivity index (χ3v) is 4.67. The van der Waals surface area contributed by atoms with Crippen molar-refractivity contribution in [3.8, 4) is 5.88 Å². The minimum Gasteiger partial charge on any atom is -0.473 e. The van der Waals surface area contributed by atoms with E-state index in [-0.39, 0.29) is 19.0 Å². The molecule has 0 saturated carbocycles. The van der Waals surface area contributed by atoms with Crippen LogP contribution in [0.1, 0.15) is 5.56 Å². The molecule has 8 nitrogen and oxygen atoms in total. The molecule has 1 fully saturated rings. The van der Waals surface area contributed by atoms with E-state index in [4.69, 9.17) is 14.6 Å². The van der Waals surface area contributed by atoms with Gasteiger partial charge in [-0.3, -0.25) is 5.43 Å². The fourth-order valence-corrected chi connectivity index (χ4v) is 3.20. The van der Waals surface area contributed by atoms with Gasteiger partial charge in [0.15, 0.2) is 11.6 Å². The van der Waals surface area contributed by atoms with Crippen molar-refractivity contribution in [2.75, 3.05) is 49.8 Å². The Morgan fingerprint density at radius 1 is 1.27 bits per heavy atom. The van der Waals surface area contributed by atoms with Gasteiger partial charge in [0.25, 0.3) is 5.88 Å². The monoisotopic (exact) mass is 417 g/mol. The quantitative estimate of drug-likeness (QED) is 0.404. The molecule has 1 aromatic carbocycles. The van der Waals surface area contributed by atoms with Gasteiger partial charge >= 0.3 is 0 Å². The number of aliphatic hydroxyl groups excluding tert-OH is 1. The Bertz CT molecular complexity index is 1050. The molecular weight excluding hydrogens is 396 g/mol. The van der Waals surface area contributed by atoms with Gasteiger partial charge in [-0.15, -0.1) is 0 Å². The summed E-state index contributed by atoms with van der Waals surface area (Å²) in [6, 6.07) is 7.63. The lowest BCUT2D eigenvalue weighted by atomic mass is 10.2. The molecule has 4 rings (SSSR count). The number of ether oxygens (including phenoxy) is 2. The molecule has 0 amide bonds. The molecule has 0 bridgehead atoms. The predicted molar refractivity (Wildman–Crippen MR) is 109 cm³/mol. The van der Waals surface area contributed by atoms with Crippen molar-refractivity contribution in [1.82, 2.24) is 9.97 Å². The minimum atomic E-state index is -1.02. The number of nitrogens with one attached hydrogen (secondary N) is 2. The number of hydrazone groups is 1. The van der Waals surface area contributed by atoms with Crippen molar-refractivity contribution in [1.29, 1.82) is 0 Å². The maximum absolute atomic E-state index is 15.1. The summed E-state index contributed by atoms with van der Waals surface area (Å²) in [5, 5.41) is 13.9. The Hall–Kier alpha value is -3.24. The van der Waals surface area contributed by atoms with E-state index in [9.17, 15) is 4.39 Å². The molecule has 0 radical (unpaired) electrons. The normalized spacial score (nSPS) is 14.6. The number of halogens is 2. The first kappa shape index (κ1) is 20.0. The Balaban J connectivity index is 1.64. The van der Waals surface area contributed by atoms with E-state index in [1.54, 1.807) is 11.1 Å². The van der Waals surface area contributed by atoms with E-state index < -0.39 is 23.2 Å². The SMILES string of the molecule is OCCOc1nc(N2CCOCC2)c(F)c(NN=Cc2c[nH]c3ccccc23)c1F. The fourth-order valence-electron chi connectivity index (χ4n) is 3.20. The van der Waals surface area contributed by atoms with Gasteiger partial charge in [-0.2, -0.15) is 14.5 Å². The predicted octanol–water partition coefficient (Wildman–Crippen LogP) is 2.49. The second-order valence-corrected chi connectivity index (χ2v) is 6.57. The molecule has 3 aromatic rings. The molecule has 1 aliphatic heterocycles. The number of hydrogen-bond acceptors (Lipinski definition) is 7. The van der Waals surface area contributed by atoms with E-state index >= 15 is 4.39 Å². The average Bonchev–Trinajstić information content (AvgIpc) is 3.19. The summed E-state index contributed by atoms with van der Waals surface area (Å²) in [7, 11) is 0. The highest BCUT2D eigenvalue weighted by molar-refractivity contribution is 5.99. The van der Waals surface area contributed by atoms with Crippen LogP contribution >= 0.6 is 0 Å². The average molecular weight is 417 g/mol. The van der Waals surface area contributed by atoms with E-state index in [0.29, 0.717) is 26.3 Å². The van der Waals surface area contributed by atoms with Gasteiger partial charge in [-0.25, -0.2) is 4.39 Å². The van der Waals surface area contributed by atoms with Gasteiger partial charge in [0.05, 0.1) is 26.0 Å². The number of pyridine rings is 1. The van der Waals surface area contributed by atoms with Crippen LogP contribution in [0.5, 0.6) is 5.88 Å². The molecule has 1 saturated heterocycles. The Labute approximate surface area is 171 Å². The van der Waals surface area contributed by atoms with Gasteiger partial charge in [0.2, 0.25) is 5.82 Å². The summed E-state index contributed by atoms with van der Waals surface area (Å²) in [5.41, 5.74) is 3.66. The summed E-state index contributed by atoms with van der Waals surface area (Å²) < 4.78 is 40.4. The summed E-state index contributed by atoms with van der Waals surface area (Å²) in [6.45, 7) is 1.14. The summed E-state index contributed by atoms with van der Waals surface area (Å²) >= 11 is 0. The number of para-hydroxylation sites is 1. The summed E-state index contributed by atoms with van der Waals surface area (Å²) in [5.74, 6) is -2.36. The van der Waals surface area contributed by atoms with Crippen molar-refractivity contribution in [2.45, 2.75) is 0 Å². The number of morpholine rings is 1. The third-order valence-electron chi connectivity index (χ3n) is 4.67. The van der Waals surface area contributed by atoms with E-state index in [2.05, 4.69) is 20.5 Å². The topological polar surface area (TPSA) is 95.0 Å². The number of aromatic nitrogens is 2. The Morgan fingerprint density at radius 3 is 2.87 bits per heavy atom. The number of rotatable bonds is 7. The van der Waals surface area contributed by atoms with Crippen molar-refractivity contribution >= 4 is 28.6 Å². The number of fused-ring (bicyclic) bond motifs is 1. The first-order chi connectivity index (χ1) is 14.7. The van der Waals surface area contributed by atoms with Crippen molar-refractivity contribution in [2.24, 2.45) is 5.10 Å².